The molecule has 8 nitrogen and oxygen atoms in total. The molecule has 2 aliphatic rings. The largest absolute Gasteiger partial charge is 0.361 e. The van der Waals surface area contributed by atoms with E-state index in [4.69, 9.17) is 4.52 Å². The van der Waals surface area contributed by atoms with Gasteiger partial charge in [-0.05, 0) is 50.3 Å². The van der Waals surface area contributed by atoms with Crippen molar-refractivity contribution in [3.63, 3.8) is 0 Å². The summed E-state index contributed by atoms with van der Waals surface area (Å²) in [6, 6.07) is 10.1. The summed E-state index contributed by atoms with van der Waals surface area (Å²) in [6.07, 6.45) is 3.62. The highest BCUT2D eigenvalue weighted by molar-refractivity contribution is 5.93. The molecule has 172 valence electrons. The van der Waals surface area contributed by atoms with Crippen LogP contribution in [0.2, 0.25) is 0 Å². The number of carbonyl (C=O) groups excluding carboxylic acids is 2. The standard InChI is InChI=1S/C25H29N5O3/c1-17-21(18(2)33-27-17)16-30-15-20-7-5-4-6-19(20)14-25(24(30)32)9-12-29(13-10-25)23(31)22-8-11-26-28(22)3/h4-8,11H,9-10,12-16H2,1-3H3. The van der Waals surface area contributed by atoms with Crippen molar-refractivity contribution in [1.29, 1.82) is 0 Å². The SMILES string of the molecule is Cc1noc(C)c1CN1Cc2ccccc2CC2(CCN(C(=O)c3ccnn3C)CC2)C1=O. The average Bonchev–Trinajstić information content (AvgIpc) is 3.36. The van der Waals surface area contributed by atoms with E-state index >= 15 is 0 Å². The number of hydrogen-bond donors (Lipinski definition) is 0. The molecular formula is C25H29N5O3. The number of nitrogens with zero attached hydrogens (tertiary/aromatic N) is 5. The first-order chi connectivity index (χ1) is 15.9. The van der Waals surface area contributed by atoms with E-state index < -0.39 is 5.41 Å². The molecule has 0 bridgehead atoms. The zero-order valence-corrected chi connectivity index (χ0v) is 19.4. The van der Waals surface area contributed by atoms with Gasteiger partial charge in [0, 0.05) is 38.4 Å². The summed E-state index contributed by atoms with van der Waals surface area (Å²) in [5.41, 5.74) is 4.25. The van der Waals surface area contributed by atoms with Gasteiger partial charge < -0.3 is 14.3 Å². The number of carbonyl (C=O) groups is 2. The molecule has 2 aliphatic heterocycles. The van der Waals surface area contributed by atoms with Gasteiger partial charge in [-0.25, -0.2) is 0 Å². The fourth-order valence-electron chi connectivity index (χ4n) is 5.26. The van der Waals surface area contributed by atoms with Crippen LogP contribution in [-0.2, 0) is 31.4 Å². The van der Waals surface area contributed by atoms with E-state index in [0.717, 1.165) is 17.0 Å². The third-order valence-corrected chi connectivity index (χ3v) is 7.33. The Hall–Kier alpha value is -3.42. The van der Waals surface area contributed by atoms with Crippen LogP contribution in [0.3, 0.4) is 0 Å². The summed E-state index contributed by atoms with van der Waals surface area (Å²) in [6.45, 7) is 5.96. The molecule has 0 N–H and O–H groups in total. The van der Waals surface area contributed by atoms with Crippen LogP contribution in [0.4, 0.5) is 0 Å². The average molecular weight is 448 g/mol. The summed E-state index contributed by atoms with van der Waals surface area (Å²) in [5.74, 6) is 0.883. The normalized spacial score (nSPS) is 17.8. The molecule has 1 spiro atoms. The molecule has 33 heavy (non-hydrogen) atoms. The maximum Gasteiger partial charge on any atom is 0.272 e. The number of likely N-dealkylation sites (tertiary alicyclic amines) is 1. The second-order valence-electron chi connectivity index (χ2n) is 9.32. The lowest BCUT2D eigenvalue weighted by atomic mass is 9.72. The molecular weight excluding hydrogens is 418 g/mol. The number of fused-ring (bicyclic) bond motifs is 1. The topological polar surface area (TPSA) is 84.5 Å². The molecule has 4 heterocycles. The molecule has 1 saturated heterocycles. The van der Waals surface area contributed by atoms with Gasteiger partial charge in [-0.2, -0.15) is 5.10 Å². The minimum atomic E-state index is -0.519. The highest BCUT2D eigenvalue weighted by Gasteiger charge is 2.46. The summed E-state index contributed by atoms with van der Waals surface area (Å²) in [4.78, 5) is 30.9. The van der Waals surface area contributed by atoms with E-state index in [9.17, 15) is 9.59 Å². The molecule has 1 aromatic carbocycles. The van der Waals surface area contributed by atoms with Gasteiger partial charge in [0.1, 0.15) is 11.5 Å². The van der Waals surface area contributed by atoms with Crippen molar-refractivity contribution in [2.75, 3.05) is 13.1 Å². The fourth-order valence-corrected chi connectivity index (χ4v) is 5.26. The smallest absolute Gasteiger partial charge is 0.272 e. The van der Waals surface area contributed by atoms with Crippen molar-refractivity contribution in [3.8, 4) is 0 Å². The van der Waals surface area contributed by atoms with E-state index in [0.29, 0.717) is 51.1 Å². The van der Waals surface area contributed by atoms with Gasteiger partial charge in [0.15, 0.2) is 0 Å². The van der Waals surface area contributed by atoms with Crippen LogP contribution in [0.5, 0.6) is 0 Å². The van der Waals surface area contributed by atoms with E-state index in [1.54, 1.807) is 24.0 Å². The minimum absolute atomic E-state index is 0.0288. The van der Waals surface area contributed by atoms with Gasteiger partial charge in [-0.3, -0.25) is 14.3 Å². The van der Waals surface area contributed by atoms with Crippen LogP contribution >= 0.6 is 0 Å². The van der Waals surface area contributed by atoms with Gasteiger partial charge in [0.2, 0.25) is 5.91 Å². The van der Waals surface area contributed by atoms with Crippen LogP contribution in [0, 0.1) is 19.3 Å². The van der Waals surface area contributed by atoms with Crippen molar-refractivity contribution >= 4 is 11.8 Å². The number of benzene rings is 1. The summed E-state index contributed by atoms with van der Waals surface area (Å²) < 4.78 is 6.96. The lowest BCUT2D eigenvalue weighted by Gasteiger charge is -2.42. The van der Waals surface area contributed by atoms with Gasteiger partial charge in [0.05, 0.1) is 17.7 Å². The third kappa shape index (κ3) is 3.73. The molecule has 0 unspecified atom stereocenters. The van der Waals surface area contributed by atoms with E-state index in [1.165, 1.54) is 11.1 Å². The number of rotatable bonds is 3. The highest BCUT2D eigenvalue weighted by Crippen LogP contribution is 2.41. The first kappa shape index (κ1) is 21.4. The lowest BCUT2D eigenvalue weighted by molar-refractivity contribution is -0.145. The molecule has 5 rings (SSSR count). The third-order valence-electron chi connectivity index (χ3n) is 7.33. The second kappa shape index (κ2) is 8.17. The molecule has 0 atom stereocenters. The molecule has 0 saturated carbocycles. The highest BCUT2D eigenvalue weighted by atomic mass is 16.5. The Bertz CT molecular complexity index is 1180. The molecule has 0 aliphatic carbocycles. The van der Waals surface area contributed by atoms with Crippen molar-refractivity contribution in [3.05, 3.63) is 70.4 Å². The van der Waals surface area contributed by atoms with Gasteiger partial charge >= 0.3 is 0 Å². The zero-order valence-electron chi connectivity index (χ0n) is 19.4. The Kier molecular flexibility index (Phi) is 5.31. The van der Waals surface area contributed by atoms with E-state index in [1.807, 2.05) is 35.8 Å². The zero-order chi connectivity index (χ0) is 23.2. The predicted molar refractivity (Wildman–Crippen MR) is 121 cm³/mol. The number of aryl methyl sites for hydroxylation is 3. The molecule has 2 aromatic heterocycles. The van der Waals surface area contributed by atoms with Crippen LogP contribution < -0.4 is 0 Å². The monoisotopic (exact) mass is 447 g/mol. The number of piperidine rings is 1. The molecule has 2 amide bonds. The summed E-state index contributed by atoms with van der Waals surface area (Å²) in [5, 5.41) is 8.20. The Morgan fingerprint density at radius 1 is 1.12 bits per heavy atom. The molecule has 8 heteroatoms. The number of amides is 2. The predicted octanol–water partition coefficient (Wildman–Crippen LogP) is 3.03. The van der Waals surface area contributed by atoms with Crippen molar-refractivity contribution in [2.24, 2.45) is 12.5 Å². The lowest BCUT2D eigenvalue weighted by Crippen LogP contribution is -2.51. The van der Waals surface area contributed by atoms with Crippen LogP contribution in [-0.4, -0.2) is 49.6 Å². The van der Waals surface area contributed by atoms with Crippen LogP contribution in [0.25, 0.3) is 0 Å². The molecule has 0 radical (unpaired) electrons. The van der Waals surface area contributed by atoms with Gasteiger partial charge in [-0.1, -0.05) is 29.4 Å². The maximum atomic E-state index is 14.1. The van der Waals surface area contributed by atoms with E-state index in [-0.39, 0.29) is 11.8 Å². The minimum Gasteiger partial charge on any atom is -0.361 e. The van der Waals surface area contributed by atoms with Gasteiger partial charge in [-0.15, -0.1) is 0 Å². The number of aromatic nitrogens is 3. The quantitative estimate of drug-likeness (QED) is 0.616. The van der Waals surface area contributed by atoms with E-state index in [2.05, 4.69) is 22.4 Å². The van der Waals surface area contributed by atoms with Crippen molar-refractivity contribution in [1.82, 2.24) is 24.7 Å². The van der Waals surface area contributed by atoms with Crippen LogP contribution in [0.1, 0.15) is 51.5 Å². The Morgan fingerprint density at radius 2 is 1.85 bits per heavy atom. The number of hydrogen-bond acceptors (Lipinski definition) is 5. The van der Waals surface area contributed by atoms with Crippen molar-refractivity contribution in [2.45, 2.75) is 46.2 Å². The molecule has 1 fully saturated rings. The van der Waals surface area contributed by atoms with Crippen LogP contribution in [0.15, 0.2) is 41.1 Å². The summed E-state index contributed by atoms with van der Waals surface area (Å²) >= 11 is 0. The molecule has 3 aromatic rings. The summed E-state index contributed by atoms with van der Waals surface area (Å²) in [7, 11) is 1.77. The van der Waals surface area contributed by atoms with Gasteiger partial charge in [0.25, 0.3) is 5.91 Å². The Morgan fingerprint density at radius 3 is 2.48 bits per heavy atom. The first-order valence-electron chi connectivity index (χ1n) is 11.4. The first-order valence-corrected chi connectivity index (χ1v) is 11.4. The second-order valence-corrected chi connectivity index (χ2v) is 9.32. The Labute approximate surface area is 193 Å². The van der Waals surface area contributed by atoms with Crippen molar-refractivity contribution < 1.29 is 14.1 Å². The maximum absolute atomic E-state index is 14.1. The Balaban J connectivity index is 1.43. The fraction of sp³-hybridized carbons (Fsp3) is 0.440.